The lowest BCUT2D eigenvalue weighted by molar-refractivity contribution is -0.117. The summed E-state index contributed by atoms with van der Waals surface area (Å²) >= 11 is 0. The summed E-state index contributed by atoms with van der Waals surface area (Å²) in [4.78, 5) is 42.1. The number of ether oxygens (including phenoxy) is 2. The number of benzene rings is 3. The van der Waals surface area contributed by atoms with E-state index in [1.807, 2.05) is 30.3 Å². The van der Waals surface area contributed by atoms with Crippen LogP contribution in [0.4, 0.5) is 17.2 Å². The summed E-state index contributed by atoms with van der Waals surface area (Å²) in [5, 5.41) is 2.98. The molecular formula is C43H59N5O7S. The molecule has 13 heteroatoms. The lowest BCUT2D eigenvalue weighted by Crippen LogP contribution is -2.33. The molecule has 304 valence electrons. The van der Waals surface area contributed by atoms with Gasteiger partial charge < -0.3 is 14.4 Å². The van der Waals surface area contributed by atoms with Crippen LogP contribution in [0.25, 0.3) is 5.69 Å². The first-order chi connectivity index (χ1) is 27.0. The Morgan fingerprint density at radius 1 is 0.804 bits per heavy atom. The van der Waals surface area contributed by atoms with Crippen LogP contribution in [-0.4, -0.2) is 56.3 Å². The molecule has 2 amide bonds. The highest BCUT2D eigenvalue weighted by Gasteiger charge is 2.25. The first kappa shape index (κ1) is 43.8. The Balaban J connectivity index is 1.47. The van der Waals surface area contributed by atoms with Crippen molar-refractivity contribution in [1.82, 2.24) is 14.5 Å². The lowest BCUT2D eigenvalue weighted by Gasteiger charge is -2.25. The monoisotopic (exact) mass is 789 g/mol. The van der Waals surface area contributed by atoms with Crippen molar-refractivity contribution in [3.63, 3.8) is 0 Å². The number of aromatic nitrogens is 2. The molecule has 1 atom stereocenters. The van der Waals surface area contributed by atoms with Gasteiger partial charge in [-0.15, -0.1) is 0 Å². The molecule has 2 N–H and O–H groups in total. The van der Waals surface area contributed by atoms with E-state index in [2.05, 4.69) is 16.7 Å². The molecule has 0 saturated heterocycles. The van der Waals surface area contributed by atoms with E-state index >= 15 is 0 Å². The number of anilines is 3. The molecule has 3 aromatic carbocycles. The van der Waals surface area contributed by atoms with E-state index in [0.717, 1.165) is 25.0 Å². The Morgan fingerprint density at radius 3 is 2.04 bits per heavy atom. The van der Waals surface area contributed by atoms with Crippen molar-refractivity contribution in [3.05, 3.63) is 89.2 Å². The smallest absolute Gasteiger partial charge is 0.273 e. The van der Waals surface area contributed by atoms with Crippen LogP contribution < -0.4 is 29.6 Å². The number of nitrogens with one attached hydrogen (secondary N) is 2. The molecule has 4 aromatic rings. The van der Waals surface area contributed by atoms with E-state index in [0.29, 0.717) is 24.3 Å². The van der Waals surface area contributed by atoms with Gasteiger partial charge in [-0.3, -0.25) is 24.4 Å². The highest BCUT2D eigenvalue weighted by Crippen LogP contribution is 2.35. The number of rotatable bonds is 24. The van der Waals surface area contributed by atoms with Crippen LogP contribution in [0, 0.1) is 0 Å². The number of H-pyrrole nitrogens is 1. The SMILES string of the molecule is CCCCCCCCCCCCC(CCN(C(C)=O)c1ccc(-n2[nH]c(N(C(C)=O)c3cc(S(=O)(=O)NCC)ccc3OC)cc2=O)cc1)Oc1ccccc1. The summed E-state index contributed by atoms with van der Waals surface area (Å²) in [6, 6.07) is 22.2. The number of carbonyl (C=O) groups is 2. The van der Waals surface area contributed by atoms with E-state index in [-0.39, 0.29) is 40.7 Å². The number of hydrogen-bond acceptors (Lipinski definition) is 7. The van der Waals surface area contributed by atoms with Crippen LogP contribution in [0.1, 0.15) is 105 Å². The summed E-state index contributed by atoms with van der Waals surface area (Å²) in [6.07, 6.45) is 14.1. The molecule has 0 aliphatic carbocycles. The molecule has 4 rings (SSSR count). The number of methoxy groups -OCH3 is 1. The van der Waals surface area contributed by atoms with Gasteiger partial charge in [-0.1, -0.05) is 89.8 Å². The summed E-state index contributed by atoms with van der Waals surface area (Å²) in [5.41, 5.74) is 0.833. The second-order valence-electron chi connectivity index (χ2n) is 14.0. The Hall–Kier alpha value is -4.88. The van der Waals surface area contributed by atoms with Gasteiger partial charge in [-0.2, -0.15) is 0 Å². The van der Waals surface area contributed by atoms with Gasteiger partial charge in [0.2, 0.25) is 21.8 Å². The zero-order chi connectivity index (χ0) is 40.5. The number of sulfonamides is 1. The Morgan fingerprint density at radius 2 is 1.45 bits per heavy atom. The molecule has 0 saturated carbocycles. The van der Waals surface area contributed by atoms with Crippen LogP contribution in [0.15, 0.2) is 88.6 Å². The first-order valence-corrected chi connectivity index (χ1v) is 21.4. The number of amides is 2. The molecule has 56 heavy (non-hydrogen) atoms. The second kappa shape index (κ2) is 22.0. The highest BCUT2D eigenvalue weighted by atomic mass is 32.2. The fraction of sp³-hybridized carbons (Fsp3) is 0.465. The van der Waals surface area contributed by atoms with E-state index in [4.69, 9.17) is 9.47 Å². The van der Waals surface area contributed by atoms with E-state index in [1.165, 1.54) is 106 Å². The first-order valence-electron chi connectivity index (χ1n) is 19.9. The molecule has 1 unspecified atom stereocenters. The molecule has 12 nitrogen and oxygen atoms in total. The Labute approximate surface area is 332 Å². The topological polar surface area (TPSA) is 143 Å². The number of hydrogen-bond donors (Lipinski definition) is 2. The van der Waals surface area contributed by atoms with Gasteiger partial charge in [0.15, 0.2) is 0 Å². The Bertz CT molecular complexity index is 1990. The van der Waals surface area contributed by atoms with Gasteiger partial charge in [0, 0.05) is 45.1 Å². The van der Waals surface area contributed by atoms with E-state index in [1.54, 1.807) is 36.1 Å². The summed E-state index contributed by atoms with van der Waals surface area (Å²) in [7, 11) is -2.45. The summed E-state index contributed by atoms with van der Waals surface area (Å²) in [6.45, 7) is 7.39. The molecule has 0 spiro atoms. The number of nitrogens with zero attached hydrogens (tertiary/aromatic N) is 3. The maximum Gasteiger partial charge on any atom is 0.273 e. The predicted octanol–water partition coefficient (Wildman–Crippen LogP) is 8.66. The van der Waals surface area contributed by atoms with Crippen molar-refractivity contribution in [1.29, 1.82) is 0 Å². The van der Waals surface area contributed by atoms with Crippen LogP contribution in [-0.2, 0) is 19.6 Å². The van der Waals surface area contributed by atoms with Crippen LogP contribution in [0.2, 0.25) is 0 Å². The third-order valence-corrected chi connectivity index (χ3v) is 11.2. The standard InChI is InChI=1S/C43H59N5O7S/c1-6-8-9-10-11-12-13-14-15-17-22-38(55-37-20-18-16-19-21-37)29-30-46(33(3)49)35-23-25-36(26-24-35)48-43(51)32-42(45-48)47(34(4)50)40-31-39(27-28-41(40)54-5)56(52,53)44-7-2/h16,18-21,23-28,31-32,38,44-45H,6-15,17,22,29-30H2,1-5H3. The van der Waals surface area contributed by atoms with Gasteiger partial charge in [-0.25, -0.2) is 17.8 Å². The highest BCUT2D eigenvalue weighted by molar-refractivity contribution is 7.89. The largest absolute Gasteiger partial charge is 0.495 e. The third-order valence-electron chi connectivity index (χ3n) is 9.70. The van der Waals surface area contributed by atoms with Gasteiger partial charge >= 0.3 is 0 Å². The lowest BCUT2D eigenvalue weighted by atomic mass is 10.0. The fourth-order valence-corrected chi connectivity index (χ4v) is 7.84. The minimum Gasteiger partial charge on any atom is -0.495 e. The summed E-state index contributed by atoms with van der Waals surface area (Å²) in [5.74, 6) is 0.564. The van der Waals surface area contributed by atoms with Crippen molar-refractivity contribution >= 4 is 39.0 Å². The Kier molecular flexibility index (Phi) is 17.2. The molecule has 0 radical (unpaired) electrons. The van der Waals surface area contributed by atoms with Gasteiger partial charge in [0.1, 0.15) is 23.4 Å². The average molecular weight is 790 g/mol. The van der Waals surface area contributed by atoms with E-state index < -0.39 is 21.5 Å². The van der Waals surface area contributed by atoms with Crippen LogP contribution in [0.5, 0.6) is 11.5 Å². The van der Waals surface area contributed by atoms with Crippen LogP contribution >= 0.6 is 0 Å². The molecule has 1 aromatic heterocycles. The molecule has 0 fully saturated rings. The van der Waals surface area contributed by atoms with Crippen molar-refractivity contribution in [2.24, 2.45) is 0 Å². The number of aromatic amines is 1. The maximum atomic E-state index is 13.3. The van der Waals surface area contributed by atoms with Gasteiger partial charge in [-0.05, 0) is 67.4 Å². The fourth-order valence-electron chi connectivity index (χ4n) is 6.78. The van der Waals surface area contributed by atoms with Crippen molar-refractivity contribution in [3.8, 4) is 17.2 Å². The molecule has 1 heterocycles. The zero-order valence-electron chi connectivity index (χ0n) is 33.6. The van der Waals surface area contributed by atoms with E-state index in [9.17, 15) is 22.8 Å². The quantitative estimate of drug-likeness (QED) is 0.0677. The minimum absolute atomic E-state index is 0.0601. The molecular weight excluding hydrogens is 731 g/mol. The molecule has 0 bridgehead atoms. The molecule has 0 aliphatic heterocycles. The normalized spacial score (nSPS) is 11.9. The average Bonchev–Trinajstić information content (AvgIpc) is 3.56. The third kappa shape index (κ3) is 12.6. The number of para-hydroxylation sites is 1. The van der Waals surface area contributed by atoms with Crippen molar-refractivity contribution < 1.29 is 27.5 Å². The van der Waals surface area contributed by atoms with Crippen LogP contribution in [0.3, 0.4) is 0 Å². The number of unbranched alkanes of at least 4 members (excludes halogenated alkanes) is 9. The molecule has 0 aliphatic rings. The van der Waals surface area contributed by atoms with Gasteiger partial charge in [0.25, 0.3) is 5.56 Å². The van der Waals surface area contributed by atoms with Gasteiger partial charge in [0.05, 0.1) is 23.4 Å². The minimum atomic E-state index is -3.85. The zero-order valence-corrected chi connectivity index (χ0v) is 34.4. The summed E-state index contributed by atoms with van der Waals surface area (Å²) < 4.78 is 41.2. The predicted molar refractivity (Wildman–Crippen MR) is 223 cm³/mol. The second-order valence-corrected chi connectivity index (χ2v) is 15.8. The van der Waals surface area contributed by atoms with Crippen molar-refractivity contribution in [2.45, 2.75) is 116 Å². The maximum absolute atomic E-state index is 13.3. The van der Waals surface area contributed by atoms with Crippen molar-refractivity contribution in [2.75, 3.05) is 30.0 Å². The number of carbonyl (C=O) groups excluding carboxylic acids is 2.